The highest BCUT2D eigenvalue weighted by atomic mass is 16.5. The van der Waals surface area contributed by atoms with Crippen LogP contribution in [-0.4, -0.2) is 12.6 Å². The number of ether oxygens (including phenoxy) is 1. The van der Waals surface area contributed by atoms with Crippen molar-refractivity contribution in [1.29, 1.82) is 0 Å². The Labute approximate surface area is 122 Å². The molecule has 1 atom stereocenters. The van der Waals surface area contributed by atoms with Gasteiger partial charge in [0.2, 0.25) is 0 Å². The van der Waals surface area contributed by atoms with Crippen molar-refractivity contribution in [2.24, 2.45) is 5.92 Å². The molecule has 0 aromatic heterocycles. The fraction of sp³-hybridized carbons (Fsp3) is 0.667. The molecule has 0 amide bonds. The topological polar surface area (TPSA) is 21.3 Å². The fourth-order valence-corrected chi connectivity index (χ4v) is 2.87. The van der Waals surface area contributed by atoms with Gasteiger partial charge in [0, 0.05) is 6.04 Å². The highest BCUT2D eigenvalue weighted by Gasteiger charge is 2.24. The molecule has 0 saturated heterocycles. The van der Waals surface area contributed by atoms with Gasteiger partial charge >= 0.3 is 0 Å². The van der Waals surface area contributed by atoms with Crippen molar-refractivity contribution in [2.45, 2.75) is 64.0 Å². The van der Waals surface area contributed by atoms with E-state index in [-0.39, 0.29) is 0 Å². The zero-order chi connectivity index (χ0) is 13.8. The van der Waals surface area contributed by atoms with Gasteiger partial charge in [-0.05, 0) is 55.8 Å². The van der Waals surface area contributed by atoms with Gasteiger partial charge in [0.05, 0.1) is 6.10 Å². The first-order valence-corrected chi connectivity index (χ1v) is 8.35. The van der Waals surface area contributed by atoms with Gasteiger partial charge < -0.3 is 10.1 Å². The Hall–Kier alpha value is -1.02. The molecule has 0 spiro atoms. The largest absolute Gasteiger partial charge is 0.490 e. The smallest absolute Gasteiger partial charge is 0.119 e. The molecule has 1 aromatic carbocycles. The van der Waals surface area contributed by atoms with Crippen molar-refractivity contribution >= 4 is 0 Å². The van der Waals surface area contributed by atoms with Crippen LogP contribution in [0.5, 0.6) is 5.75 Å². The van der Waals surface area contributed by atoms with Gasteiger partial charge in [-0.15, -0.1) is 0 Å². The van der Waals surface area contributed by atoms with Gasteiger partial charge in [0.1, 0.15) is 5.75 Å². The predicted molar refractivity (Wildman–Crippen MR) is 83.1 cm³/mol. The van der Waals surface area contributed by atoms with E-state index in [9.17, 15) is 0 Å². The first kappa shape index (κ1) is 13.9. The van der Waals surface area contributed by atoms with Gasteiger partial charge in [0.15, 0.2) is 0 Å². The van der Waals surface area contributed by atoms with Gasteiger partial charge in [0.25, 0.3) is 0 Å². The lowest BCUT2D eigenvalue weighted by molar-refractivity contribution is 0.261. The summed E-state index contributed by atoms with van der Waals surface area (Å²) in [5.74, 6) is 1.97. The molecular formula is C18H27NO. The van der Waals surface area contributed by atoms with Crippen molar-refractivity contribution in [3.8, 4) is 5.75 Å². The van der Waals surface area contributed by atoms with E-state index in [0.717, 1.165) is 18.2 Å². The lowest BCUT2D eigenvalue weighted by atomic mass is 9.79. The lowest BCUT2D eigenvalue weighted by Crippen LogP contribution is -2.26. The average Bonchev–Trinajstić information content (AvgIpc) is 3.22. The van der Waals surface area contributed by atoms with Crippen LogP contribution in [0.3, 0.4) is 0 Å². The summed E-state index contributed by atoms with van der Waals surface area (Å²) in [6, 6.07) is 9.33. The number of nitrogens with one attached hydrogen (secondary N) is 1. The molecule has 3 rings (SSSR count). The second-order valence-corrected chi connectivity index (χ2v) is 6.43. The zero-order valence-electron chi connectivity index (χ0n) is 12.6. The van der Waals surface area contributed by atoms with Gasteiger partial charge in [-0.25, -0.2) is 0 Å². The SMILES string of the molecule is CCCNC(CC1CCC1)c1ccc(OC2CC2)cc1. The molecule has 20 heavy (non-hydrogen) atoms. The fourth-order valence-electron chi connectivity index (χ4n) is 2.87. The summed E-state index contributed by atoms with van der Waals surface area (Å²) < 4.78 is 5.83. The second-order valence-electron chi connectivity index (χ2n) is 6.43. The van der Waals surface area contributed by atoms with Gasteiger partial charge in [-0.1, -0.05) is 38.3 Å². The minimum Gasteiger partial charge on any atom is -0.490 e. The normalized spacial score (nSPS) is 20.4. The molecule has 0 bridgehead atoms. The summed E-state index contributed by atoms with van der Waals surface area (Å²) >= 11 is 0. The van der Waals surface area contributed by atoms with Crippen LogP contribution in [0.25, 0.3) is 0 Å². The number of hydrogen-bond acceptors (Lipinski definition) is 2. The molecule has 1 aromatic rings. The molecule has 2 nitrogen and oxygen atoms in total. The van der Waals surface area contributed by atoms with Crippen LogP contribution in [0.15, 0.2) is 24.3 Å². The summed E-state index contributed by atoms with van der Waals surface area (Å²) in [7, 11) is 0. The lowest BCUT2D eigenvalue weighted by Gasteiger charge is -2.30. The summed E-state index contributed by atoms with van der Waals surface area (Å²) in [5, 5.41) is 3.72. The Kier molecular flexibility index (Phi) is 4.62. The van der Waals surface area contributed by atoms with Crippen LogP contribution in [0, 0.1) is 5.92 Å². The minimum absolute atomic E-state index is 0.491. The van der Waals surface area contributed by atoms with Crippen molar-refractivity contribution in [3.63, 3.8) is 0 Å². The van der Waals surface area contributed by atoms with E-state index in [1.165, 1.54) is 50.5 Å². The van der Waals surface area contributed by atoms with E-state index in [1.807, 2.05) is 0 Å². The second kappa shape index (κ2) is 6.62. The predicted octanol–water partition coefficient (Wildman–Crippen LogP) is 4.46. The molecule has 2 aliphatic rings. The van der Waals surface area contributed by atoms with Crippen molar-refractivity contribution < 1.29 is 4.74 Å². The highest BCUT2D eigenvalue weighted by molar-refractivity contribution is 5.29. The molecule has 0 heterocycles. The van der Waals surface area contributed by atoms with Crippen molar-refractivity contribution in [1.82, 2.24) is 5.32 Å². The molecule has 2 saturated carbocycles. The van der Waals surface area contributed by atoms with Crippen LogP contribution in [0.2, 0.25) is 0 Å². The monoisotopic (exact) mass is 273 g/mol. The Bertz CT molecular complexity index is 406. The quantitative estimate of drug-likeness (QED) is 0.755. The number of hydrogen-bond donors (Lipinski definition) is 1. The first-order chi connectivity index (χ1) is 9.85. The van der Waals surface area contributed by atoms with Crippen LogP contribution in [0.1, 0.15) is 63.5 Å². The van der Waals surface area contributed by atoms with E-state index in [0.29, 0.717) is 12.1 Å². The van der Waals surface area contributed by atoms with E-state index in [2.05, 4.69) is 36.5 Å². The Morgan fingerprint density at radius 2 is 1.90 bits per heavy atom. The van der Waals surface area contributed by atoms with Crippen molar-refractivity contribution in [3.05, 3.63) is 29.8 Å². The van der Waals surface area contributed by atoms with Gasteiger partial charge in [-0.2, -0.15) is 0 Å². The third-order valence-corrected chi connectivity index (χ3v) is 4.54. The van der Waals surface area contributed by atoms with Crippen LogP contribution < -0.4 is 10.1 Å². The molecule has 2 fully saturated rings. The third-order valence-electron chi connectivity index (χ3n) is 4.54. The van der Waals surface area contributed by atoms with Crippen LogP contribution >= 0.6 is 0 Å². The van der Waals surface area contributed by atoms with E-state index in [4.69, 9.17) is 4.74 Å². The van der Waals surface area contributed by atoms with E-state index in [1.54, 1.807) is 0 Å². The molecule has 2 aliphatic carbocycles. The first-order valence-electron chi connectivity index (χ1n) is 8.35. The Balaban J connectivity index is 1.61. The summed E-state index contributed by atoms with van der Waals surface area (Å²) in [6.45, 7) is 3.34. The minimum atomic E-state index is 0.491. The zero-order valence-corrected chi connectivity index (χ0v) is 12.6. The van der Waals surface area contributed by atoms with Crippen LogP contribution in [0.4, 0.5) is 0 Å². The standard InChI is InChI=1S/C18H27NO/c1-2-12-19-18(13-14-4-3-5-14)15-6-8-16(9-7-15)20-17-10-11-17/h6-9,14,17-19H,2-5,10-13H2,1H3. The summed E-state index contributed by atoms with van der Waals surface area (Å²) in [6.07, 6.45) is 9.71. The number of benzene rings is 1. The van der Waals surface area contributed by atoms with E-state index >= 15 is 0 Å². The maximum Gasteiger partial charge on any atom is 0.119 e. The molecule has 1 N–H and O–H groups in total. The average molecular weight is 273 g/mol. The van der Waals surface area contributed by atoms with Crippen LogP contribution in [-0.2, 0) is 0 Å². The Morgan fingerprint density at radius 1 is 1.15 bits per heavy atom. The molecular weight excluding hydrogens is 246 g/mol. The third kappa shape index (κ3) is 3.76. The van der Waals surface area contributed by atoms with E-state index < -0.39 is 0 Å². The molecule has 1 unspecified atom stereocenters. The maximum absolute atomic E-state index is 5.83. The van der Waals surface area contributed by atoms with Gasteiger partial charge in [-0.3, -0.25) is 0 Å². The molecule has 110 valence electrons. The van der Waals surface area contributed by atoms with Crippen molar-refractivity contribution in [2.75, 3.05) is 6.54 Å². The number of rotatable bonds is 8. The maximum atomic E-state index is 5.83. The highest BCUT2D eigenvalue weighted by Crippen LogP contribution is 2.35. The Morgan fingerprint density at radius 3 is 2.45 bits per heavy atom. The molecule has 2 heteroatoms. The molecule has 0 radical (unpaired) electrons. The summed E-state index contributed by atoms with van der Waals surface area (Å²) in [4.78, 5) is 0. The summed E-state index contributed by atoms with van der Waals surface area (Å²) in [5.41, 5.74) is 1.42. The molecule has 0 aliphatic heterocycles.